The standard InChI is InChI=1S/C16H24N2O/c19-16(15-9-11-3-4-12(15)8-11)18(14-5-6-14)10-13-2-1-7-17-13/h3-4,11-15,17H,1-2,5-10H2. The van der Waals surface area contributed by atoms with Crippen molar-refractivity contribution in [3.63, 3.8) is 0 Å². The highest BCUT2D eigenvalue weighted by Crippen LogP contribution is 2.45. The van der Waals surface area contributed by atoms with Crippen LogP contribution in [0.4, 0.5) is 0 Å². The summed E-state index contributed by atoms with van der Waals surface area (Å²) in [4.78, 5) is 15.1. The predicted molar refractivity (Wildman–Crippen MR) is 74.6 cm³/mol. The molecule has 0 aromatic carbocycles. The van der Waals surface area contributed by atoms with Crippen LogP contribution in [0.5, 0.6) is 0 Å². The third-order valence-electron chi connectivity index (χ3n) is 5.45. The average Bonchev–Trinajstić information content (AvgIpc) is 2.86. The van der Waals surface area contributed by atoms with E-state index >= 15 is 0 Å². The lowest BCUT2D eigenvalue weighted by Gasteiger charge is -2.30. The maximum absolute atomic E-state index is 12.9. The van der Waals surface area contributed by atoms with Gasteiger partial charge in [-0.1, -0.05) is 12.2 Å². The van der Waals surface area contributed by atoms with Crippen LogP contribution in [0.3, 0.4) is 0 Å². The van der Waals surface area contributed by atoms with Gasteiger partial charge >= 0.3 is 0 Å². The van der Waals surface area contributed by atoms with Gasteiger partial charge < -0.3 is 10.2 Å². The van der Waals surface area contributed by atoms with E-state index in [4.69, 9.17) is 0 Å². The predicted octanol–water partition coefficient (Wildman–Crippen LogP) is 1.94. The highest BCUT2D eigenvalue weighted by atomic mass is 16.2. The van der Waals surface area contributed by atoms with E-state index in [1.807, 2.05) is 0 Å². The maximum atomic E-state index is 12.9. The van der Waals surface area contributed by atoms with Gasteiger partial charge in [-0.05, 0) is 56.9 Å². The summed E-state index contributed by atoms with van der Waals surface area (Å²) in [6.45, 7) is 2.09. The number of nitrogens with zero attached hydrogens (tertiary/aromatic N) is 1. The lowest BCUT2D eigenvalue weighted by atomic mass is 9.92. The smallest absolute Gasteiger partial charge is 0.226 e. The minimum atomic E-state index is 0.303. The Morgan fingerprint density at radius 2 is 2.11 bits per heavy atom. The van der Waals surface area contributed by atoms with Gasteiger partial charge in [-0.2, -0.15) is 0 Å². The summed E-state index contributed by atoms with van der Waals surface area (Å²) < 4.78 is 0. The molecular weight excluding hydrogens is 236 g/mol. The molecule has 0 spiro atoms. The molecule has 3 aliphatic carbocycles. The number of allylic oxidation sites excluding steroid dienone is 2. The molecule has 0 aromatic heterocycles. The van der Waals surface area contributed by atoms with Crippen LogP contribution in [0.25, 0.3) is 0 Å². The summed E-state index contributed by atoms with van der Waals surface area (Å²) >= 11 is 0. The van der Waals surface area contributed by atoms with Crippen molar-refractivity contribution in [1.29, 1.82) is 0 Å². The Labute approximate surface area is 115 Å². The van der Waals surface area contributed by atoms with Gasteiger partial charge in [-0.25, -0.2) is 0 Å². The second-order valence-corrected chi connectivity index (χ2v) is 6.90. The van der Waals surface area contributed by atoms with Crippen molar-refractivity contribution in [3.05, 3.63) is 12.2 Å². The Morgan fingerprint density at radius 1 is 1.21 bits per heavy atom. The summed E-state index contributed by atoms with van der Waals surface area (Å²) in [5.41, 5.74) is 0. The molecule has 2 bridgehead atoms. The van der Waals surface area contributed by atoms with Crippen molar-refractivity contribution in [2.24, 2.45) is 17.8 Å². The number of amides is 1. The second-order valence-electron chi connectivity index (χ2n) is 6.90. The Kier molecular flexibility index (Phi) is 2.91. The van der Waals surface area contributed by atoms with Gasteiger partial charge in [-0.3, -0.25) is 4.79 Å². The van der Waals surface area contributed by atoms with E-state index in [0.717, 1.165) is 19.5 Å². The molecular formula is C16H24N2O. The minimum absolute atomic E-state index is 0.303. The topological polar surface area (TPSA) is 32.3 Å². The maximum Gasteiger partial charge on any atom is 0.226 e. The van der Waals surface area contributed by atoms with E-state index in [9.17, 15) is 4.79 Å². The summed E-state index contributed by atoms with van der Waals surface area (Å²) in [5, 5.41) is 3.54. The molecule has 1 saturated heterocycles. The Morgan fingerprint density at radius 3 is 2.68 bits per heavy atom. The van der Waals surface area contributed by atoms with Crippen LogP contribution in [0.1, 0.15) is 38.5 Å². The van der Waals surface area contributed by atoms with Gasteiger partial charge in [0.1, 0.15) is 0 Å². The first-order valence-corrected chi connectivity index (χ1v) is 8.03. The first kappa shape index (κ1) is 12.0. The van der Waals surface area contributed by atoms with Crippen LogP contribution in [-0.4, -0.2) is 36.0 Å². The van der Waals surface area contributed by atoms with Crippen LogP contribution >= 0.6 is 0 Å². The number of carbonyl (C=O) groups is 1. The fraction of sp³-hybridized carbons (Fsp3) is 0.812. The highest BCUT2D eigenvalue weighted by Gasteiger charge is 2.44. The third kappa shape index (κ3) is 2.22. The number of fused-ring (bicyclic) bond motifs is 2. The molecule has 2 saturated carbocycles. The zero-order chi connectivity index (χ0) is 12.8. The van der Waals surface area contributed by atoms with Crippen LogP contribution < -0.4 is 5.32 Å². The van der Waals surface area contributed by atoms with Crippen molar-refractivity contribution in [1.82, 2.24) is 10.2 Å². The lowest BCUT2D eigenvalue weighted by molar-refractivity contribution is -0.137. The van der Waals surface area contributed by atoms with Crippen molar-refractivity contribution in [3.8, 4) is 0 Å². The quantitative estimate of drug-likeness (QED) is 0.784. The van der Waals surface area contributed by atoms with Gasteiger partial charge in [0.05, 0.1) is 0 Å². The van der Waals surface area contributed by atoms with Gasteiger partial charge in [0.15, 0.2) is 0 Å². The van der Waals surface area contributed by atoms with Crippen molar-refractivity contribution in [2.45, 2.75) is 50.6 Å². The Bertz CT molecular complexity index is 396. The molecule has 3 nitrogen and oxygen atoms in total. The fourth-order valence-corrected chi connectivity index (χ4v) is 4.23. The number of hydrogen-bond acceptors (Lipinski definition) is 2. The van der Waals surface area contributed by atoms with Gasteiger partial charge in [0, 0.05) is 24.5 Å². The Hall–Kier alpha value is -0.830. The van der Waals surface area contributed by atoms with Gasteiger partial charge in [0.2, 0.25) is 5.91 Å². The molecule has 1 N–H and O–H groups in total. The van der Waals surface area contributed by atoms with Crippen LogP contribution in [-0.2, 0) is 4.79 Å². The summed E-state index contributed by atoms with van der Waals surface area (Å²) in [7, 11) is 0. The van der Waals surface area contributed by atoms with Crippen LogP contribution in [0.2, 0.25) is 0 Å². The summed E-state index contributed by atoms with van der Waals surface area (Å²) in [6, 6.07) is 1.12. The molecule has 104 valence electrons. The molecule has 4 atom stereocenters. The normalized spacial score (nSPS) is 40.0. The fourth-order valence-electron chi connectivity index (χ4n) is 4.23. The summed E-state index contributed by atoms with van der Waals surface area (Å²) in [6.07, 6.45) is 12.0. The number of carbonyl (C=O) groups excluding carboxylic acids is 1. The molecule has 1 aliphatic heterocycles. The van der Waals surface area contributed by atoms with Gasteiger partial charge in [0.25, 0.3) is 0 Å². The van der Waals surface area contributed by atoms with E-state index < -0.39 is 0 Å². The van der Waals surface area contributed by atoms with E-state index in [-0.39, 0.29) is 0 Å². The molecule has 0 aromatic rings. The van der Waals surface area contributed by atoms with Crippen LogP contribution in [0, 0.1) is 17.8 Å². The third-order valence-corrected chi connectivity index (χ3v) is 5.45. The zero-order valence-corrected chi connectivity index (χ0v) is 11.6. The lowest BCUT2D eigenvalue weighted by Crippen LogP contribution is -2.45. The SMILES string of the molecule is O=C(C1CC2C=CC1C2)N(CC1CCCN1)C1CC1. The molecule has 1 amide bonds. The van der Waals surface area contributed by atoms with E-state index in [1.165, 1.54) is 32.1 Å². The molecule has 19 heavy (non-hydrogen) atoms. The number of hydrogen-bond donors (Lipinski definition) is 1. The van der Waals surface area contributed by atoms with Crippen molar-refractivity contribution in [2.75, 3.05) is 13.1 Å². The molecule has 3 heteroatoms. The molecule has 4 unspecified atom stereocenters. The number of nitrogens with one attached hydrogen (secondary N) is 1. The highest BCUT2D eigenvalue weighted by molar-refractivity contribution is 5.81. The first-order chi connectivity index (χ1) is 9.31. The minimum Gasteiger partial charge on any atom is -0.338 e. The summed E-state index contributed by atoms with van der Waals surface area (Å²) in [5.74, 6) is 2.02. The molecule has 3 fully saturated rings. The molecule has 1 heterocycles. The Balaban J connectivity index is 1.44. The van der Waals surface area contributed by atoms with Crippen molar-refractivity contribution >= 4 is 5.91 Å². The monoisotopic (exact) mass is 260 g/mol. The van der Waals surface area contributed by atoms with Crippen molar-refractivity contribution < 1.29 is 4.79 Å². The number of rotatable bonds is 4. The van der Waals surface area contributed by atoms with Crippen LogP contribution in [0.15, 0.2) is 12.2 Å². The second kappa shape index (κ2) is 4.62. The van der Waals surface area contributed by atoms with E-state index in [0.29, 0.717) is 35.7 Å². The van der Waals surface area contributed by atoms with E-state index in [1.54, 1.807) is 0 Å². The van der Waals surface area contributed by atoms with Gasteiger partial charge in [-0.15, -0.1) is 0 Å². The van der Waals surface area contributed by atoms with E-state index in [2.05, 4.69) is 22.4 Å². The molecule has 0 radical (unpaired) electrons. The average molecular weight is 260 g/mol. The first-order valence-electron chi connectivity index (χ1n) is 8.03. The molecule has 4 rings (SSSR count). The molecule has 4 aliphatic rings. The largest absolute Gasteiger partial charge is 0.338 e. The zero-order valence-electron chi connectivity index (χ0n) is 11.6.